The van der Waals surface area contributed by atoms with Gasteiger partial charge in [0.05, 0.1) is 17.2 Å². The van der Waals surface area contributed by atoms with Crippen LogP contribution in [0, 0.1) is 6.92 Å². The Morgan fingerprint density at radius 3 is 2.88 bits per heavy atom. The van der Waals surface area contributed by atoms with Gasteiger partial charge in [-0.05, 0) is 31.4 Å². The molecule has 0 spiro atoms. The monoisotopic (exact) mass is 343 g/mol. The third-order valence-electron chi connectivity index (χ3n) is 3.93. The molecule has 0 aliphatic heterocycles. The summed E-state index contributed by atoms with van der Waals surface area (Å²) < 4.78 is 1.36. The Bertz CT molecular complexity index is 857. The summed E-state index contributed by atoms with van der Waals surface area (Å²) >= 11 is 0. The van der Waals surface area contributed by atoms with Crippen molar-refractivity contribution in [2.24, 2.45) is 0 Å². The SMILES string of the molecule is C=CCCC(NC(=O)CCn1cnc2c(C)cccc2c1=O)C(=O)O. The lowest BCUT2D eigenvalue weighted by Crippen LogP contribution is -2.41. The zero-order chi connectivity index (χ0) is 18.4. The minimum absolute atomic E-state index is 0.00320. The summed E-state index contributed by atoms with van der Waals surface area (Å²) in [4.78, 5) is 39.8. The molecule has 0 radical (unpaired) electrons. The van der Waals surface area contributed by atoms with Gasteiger partial charge in [-0.2, -0.15) is 0 Å². The van der Waals surface area contributed by atoms with Crippen molar-refractivity contribution in [3.8, 4) is 0 Å². The Morgan fingerprint density at radius 1 is 1.44 bits per heavy atom. The first-order chi connectivity index (χ1) is 11.9. The summed E-state index contributed by atoms with van der Waals surface area (Å²) in [5.74, 6) is -1.51. The van der Waals surface area contributed by atoms with E-state index in [0.29, 0.717) is 17.3 Å². The van der Waals surface area contributed by atoms with Crippen LogP contribution < -0.4 is 10.9 Å². The van der Waals surface area contributed by atoms with E-state index in [-0.39, 0.29) is 24.9 Å². The molecule has 0 saturated heterocycles. The lowest BCUT2D eigenvalue weighted by molar-refractivity contribution is -0.142. The molecule has 1 atom stereocenters. The van der Waals surface area contributed by atoms with Crippen molar-refractivity contribution in [3.05, 3.63) is 53.1 Å². The maximum absolute atomic E-state index is 12.5. The van der Waals surface area contributed by atoms with Gasteiger partial charge in [-0.1, -0.05) is 18.2 Å². The number of aliphatic carboxylic acids is 1. The van der Waals surface area contributed by atoms with Gasteiger partial charge in [0.25, 0.3) is 5.56 Å². The van der Waals surface area contributed by atoms with Crippen LogP contribution in [-0.2, 0) is 16.1 Å². The van der Waals surface area contributed by atoms with Gasteiger partial charge in [0.15, 0.2) is 0 Å². The third kappa shape index (κ3) is 4.53. The van der Waals surface area contributed by atoms with Crippen LogP contribution in [0.15, 0.2) is 42.0 Å². The molecule has 0 fully saturated rings. The van der Waals surface area contributed by atoms with Gasteiger partial charge in [-0.15, -0.1) is 6.58 Å². The highest BCUT2D eigenvalue weighted by Crippen LogP contribution is 2.11. The summed E-state index contributed by atoms with van der Waals surface area (Å²) in [7, 11) is 0. The molecule has 0 saturated carbocycles. The number of para-hydroxylation sites is 1. The van der Waals surface area contributed by atoms with Crippen molar-refractivity contribution in [2.45, 2.75) is 38.8 Å². The molecule has 1 aromatic heterocycles. The summed E-state index contributed by atoms with van der Waals surface area (Å²) in [5.41, 5.74) is 1.33. The molecule has 2 rings (SSSR count). The van der Waals surface area contributed by atoms with Gasteiger partial charge in [-0.3, -0.25) is 14.2 Å². The van der Waals surface area contributed by atoms with Crippen LogP contribution in [0.3, 0.4) is 0 Å². The minimum atomic E-state index is -1.09. The normalized spacial score (nSPS) is 11.9. The first kappa shape index (κ1) is 18.4. The number of nitrogens with one attached hydrogen (secondary N) is 1. The number of allylic oxidation sites excluding steroid dienone is 1. The topological polar surface area (TPSA) is 101 Å². The van der Waals surface area contributed by atoms with Crippen molar-refractivity contribution in [1.29, 1.82) is 0 Å². The molecule has 0 aliphatic carbocycles. The molecule has 2 N–H and O–H groups in total. The van der Waals surface area contributed by atoms with Crippen LogP contribution in [0.1, 0.15) is 24.8 Å². The maximum atomic E-state index is 12.5. The van der Waals surface area contributed by atoms with E-state index in [9.17, 15) is 14.4 Å². The first-order valence-electron chi connectivity index (χ1n) is 8.02. The van der Waals surface area contributed by atoms with Crippen molar-refractivity contribution in [3.63, 3.8) is 0 Å². The Balaban J connectivity index is 2.05. The lowest BCUT2D eigenvalue weighted by Gasteiger charge is -2.14. The van der Waals surface area contributed by atoms with Crippen LogP contribution in [-0.4, -0.2) is 32.6 Å². The highest BCUT2D eigenvalue weighted by molar-refractivity contribution is 5.83. The first-order valence-corrected chi connectivity index (χ1v) is 8.02. The van der Waals surface area contributed by atoms with Crippen molar-refractivity contribution in [2.75, 3.05) is 0 Å². The second-order valence-electron chi connectivity index (χ2n) is 5.79. The third-order valence-corrected chi connectivity index (χ3v) is 3.93. The average molecular weight is 343 g/mol. The molecule has 1 aromatic carbocycles. The van der Waals surface area contributed by atoms with E-state index in [1.165, 1.54) is 10.9 Å². The van der Waals surface area contributed by atoms with Crippen molar-refractivity contribution in [1.82, 2.24) is 14.9 Å². The van der Waals surface area contributed by atoms with Crippen LogP contribution in [0.25, 0.3) is 10.9 Å². The number of carboxylic acids is 1. The van der Waals surface area contributed by atoms with E-state index < -0.39 is 17.9 Å². The van der Waals surface area contributed by atoms with Crippen LogP contribution >= 0.6 is 0 Å². The fourth-order valence-electron chi connectivity index (χ4n) is 2.53. The van der Waals surface area contributed by atoms with Gasteiger partial charge in [0.2, 0.25) is 5.91 Å². The van der Waals surface area contributed by atoms with E-state index >= 15 is 0 Å². The van der Waals surface area contributed by atoms with Crippen molar-refractivity contribution < 1.29 is 14.7 Å². The number of rotatable bonds is 8. The molecule has 0 aliphatic rings. The Labute approximate surface area is 145 Å². The van der Waals surface area contributed by atoms with E-state index in [2.05, 4.69) is 16.9 Å². The van der Waals surface area contributed by atoms with Crippen LogP contribution in [0.4, 0.5) is 0 Å². The highest BCUT2D eigenvalue weighted by atomic mass is 16.4. The zero-order valence-corrected chi connectivity index (χ0v) is 14.1. The van der Waals surface area contributed by atoms with Gasteiger partial charge in [0, 0.05) is 13.0 Å². The summed E-state index contributed by atoms with van der Waals surface area (Å²) in [6.45, 7) is 5.55. The Morgan fingerprint density at radius 2 is 2.20 bits per heavy atom. The number of hydrogen-bond donors (Lipinski definition) is 2. The minimum Gasteiger partial charge on any atom is -0.480 e. The number of benzene rings is 1. The second kappa shape index (κ2) is 8.23. The van der Waals surface area contributed by atoms with Crippen LogP contribution in [0.2, 0.25) is 0 Å². The molecular weight excluding hydrogens is 322 g/mol. The molecular formula is C18H21N3O4. The Kier molecular flexibility index (Phi) is 6.05. The molecule has 0 bridgehead atoms. The summed E-state index contributed by atoms with van der Waals surface area (Å²) in [6, 6.07) is 4.40. The second-order valence-corrected chi connectivity index (χ2v) is 5.79. The average Bonchev–Trinajstić information content (AvgIpc) is 2.58. The molecule has 7 nitrogen and oxygen atoms in total. The van der Waals surface area contributed by atoms with Crippen LogP contribution in [0.5, 0.6) is 0 Å². The fourth-order valence-corrected chi connectivity index (χ4v) is 2.53. The Hall–Kier alpha value is -2.96. The number of aromatic nitrogens is 2. The van der Waals surface area contributed by atoms with Gasteiger partial charge in [0.1, 0.15) is 6.04 Å². The number of carbonyl (C=O) groups is 2. The number of nitrogens with zero attached hydrogens (tertiary/aromatic N) is 2. The summed E-state index contributed by atoms with van der Waals surface area (Å²) in [6.07, 6.45) is 3.78. The number of aryl methyl sites for hydroxylation is 2. The molecule has 1 heterocycles. The number of hydrogen-bond acceptors (Lipinski definition) is 4. The fraction of sp³-hybridized carbons (Fsp3) is 0.333. The quantitative estimate of drug-likeness (QED) is 0.710. The lowest BCUT2D eigenvalue weighted by atomic mass is 10.1. The highest BCUT2D eigenvalue weighted by Gasteiger charge is 2.19. The number of amides is 1. The number of carbonyl (C=O) groups excluding carboxylic acids is 1. The number of carboxylic acid groups (broad SMARTS) is 1. The van der Waals surface area contributed by atoms with E-state index in [0.717, 1.165) is 5.56 Å². The van der Waals surface area contributed by atoms with E-state index in [1.807, 2.05) is 13.0 Å². The van der Waals surface area contributed by atoms with E-state index in [4.69, 9.17) is 5.11 Å². The molecule has 132 valence electrons. The molecule has 2 aromatic rings. The number of fused-ring (bicyclic) bond motifs is 1. The van der Waals surface area contributed by atoms with E-state index in [1.54, 1.807) is 18.2 Å². The molecule has 1 amide bonds. The van der Waals surface area contributed by atoms with Gasteiger partial charge in [-0.25, -0.2) is 9.78 Å². The predicted molar refractivity (Wildman–Crippen MR) is 94.4 cm³/mol. The largest absolute Gasteiger partial charge is 0.480 e. The zero-order valence-electron chi connectivity index (χ0n) is 14.1. The molecule has 1 unspecified atom stereocenters. The predicted octanol–water partition coefficient (Wildman–Crippen LogP) is 1.63. The summed E-state index contributed by atoms with van der Waals surface area (Å²) in [5, 5.41) is 12.1. The maximum Gasteiger partial charge on any atom is 0.326 e. The van der Waals surface area contributed by atoms with Gasteiger partial charge >= 0.3 is 5.97 Å². The van der Waals surface area contributed by atoms with Crippen molar-refractivity contribution >= 4 is 22.8 Å². The molecule has 7 heteroatoms. The smallest absolute Gasteiger partial charge is 0.326 e. The standard InChI is InChI=1S/C18H21N3O4/c1-3-4-8-14(18(24)25)20-15(22)9-10-21-11-19-16-12(2)6-5-7-13(16)17(21)23/h3,5-7,11,14H,1,4,8-10H2,2H3,(H,20,22)(H,24,25). The molecule has 25 heavy (non-hydrogen) atoms. The van der Waals surface area contributed by atoms with Gasteiger partial charge < -0.3 is 10.4 Å².